The van der Waals surface area contributed by atoms with Crippen molar-refractivity contribution in [2.45, 2.75) is 71.3 Å². The highest BCUT2D eigenvalue weighted by Gasteiger charge is 2.48. The summed E-state index contributed by atoms with van der Waals surface area (Å²) in [7, 11) is 0. The van der Waals surface area contributed by atoms with Crippen LogP contribution in [0, 0.1) is 17.8 Å². The first-order chi connectivity index (χ1) is 9.00. The van der Waals surface area contributed by atoms with E-state index in [-0.39, 0.29) is 11.6 Å². The normalized spacial score (nSPS) is 37.7. The van der Waals surface area contributed by atoms with E-state index in [9.17, 15) is 4.79 Å². The summed E-state index contributed by atoms with van der Waals surface area (Å²) in [6.45, 7) is 9.92. The molecule has 4 atom stereocenters. The van der Waals surface area contributed by atoms with Gasteiger partial charge >= 0.3 is 5.97 Å². The number of carbonyl (C=O) groups excluding carboxylic acids is 1. The highest BCUT2D eigenvalue weighted by Crippen LogP contribution is 2.51. The zero-order chi connectivity index (χ0) is 14.0. The Kier molecular flexibility index (Phi) is 4.37. The van der Waals surface area contributed by atoms with E-state index in [0.717, 1.165) is 24.7 Å². The van der Waals surface area contributed by atoms with Crippen molar-refractivity contribution in [2.24, 2.45) is 17.8 Å². The van der Waals surface area contributed by atoms with Gasteiger partial charge in [0.2, 0.25) is 0 Å². The molecule has 0 amide bonds. The predicted octanol–water partition coefficient (Wildman–Crippen LogP) is 4.49. The molecule has 0 aromatic carbocycles. The molecular weight excluding hydrogens is 236 g/mol. The molecule has 2 aliphatic rings. The summed E-state index contributed by atoms with van der Waals surface area (Å²) < 4.78 is 5.93. The van der Waals surface area contributed by atoms with Crippen LogP contribution in [0.25, 0.3) is 0 Å². The molecule has 2 bridgehead atoms. The van der Waals surface area contributed by atoms with Crippen molar-refractivity contribution in [3.63, 3.8) is 0 Å². The highest BCUT2D eigenvalue weighted by atomic mass is 16.6. The summed E-state index contributed by atoms with van der Waals surface area (Å²) in [4.78, 5) is 12.0. The molecule has 0 N–H and O–H groups in total. The second-order valence-corrected chi connectivity index (χ2v) is 6.67. The highest BCUT2D eigenvalue weighted by molar-refractivity contribution is 5.87. The number of rotatable bonds is 4. The van der Waals surface area contributed by atoms with Gasteiger partial charge in [-0.25, -0.2) is 4.79 Å². The van der Waals surface area contributed by atoms with Crippen molar-refractivity contribution < 1.29 is 9.53 Å². The van der Waals surface area contributed by atoms with Crippen molar-refractivity contribution in [2.75, 3.05) is 0 Å². The average molecular weight is 264 g/mol. The second kappa shape index (κ2) is 5.68. The van der Waals surface area contributed by atoms with E-state index in [1.54, 1.807) is 6.92 Å². The van der Waals surface area contributed by atoms with Crippen molar-refractivity contribution >= 4 is 5.97 Å². The maximum Gasteiger partial charge on any atom is 0.333 e. The maximum absolute atomic E-state index is 12.0. The van der Waals surface area contributed by atoms with E-state index in [0.29, 0.717) is 11.5 Å². The van der Waals surface area contributed by atoms with Gasteiger partial charge in [0.1, 0.15) is 5.60 Å². The Hall–Kier alpha value is -0.790. The Labute approximate surface area is 117 Å². The molecule has 0 saturated heterocycles. The summed E-state index contributed by atoms with van der Waals surface area (Å²) in [5.74, 6) is 2.07. The SMILES string of the molecule is C=C(C)C(=O)OC1(CC)CCC2CC(CC)CC1C2. The van der Waals surface area contributed by atoms with Gasteiger partial charge in [0, 0.05) is 5.57 Å². The van der Waals surface area contributed by atoms with E-state index in [2.05, 4.69) is 20.4 Å². The quantitative estimate of drug-likeness (QED) is 0.552. The first-order valence-electron chi connectivity index (χ1n) is 7.89. The van der Waals surface area contributed by atoms with Gasteiger partial charge in [-0.1, -0.05) is 26.8 Å². The van der Waals surface area contributed by atoms with Crippen LogP contribution in [0.2, 0.25) is 0 Å². The molecule has 2 heteroatoms. The molecule has 2 nitrogen and oxygen atoms in total. The van der Waals surface area contributed by atoms with E-state index < -0.39 is 0 Å². The van der Waals surface area contributed by atoms with Crippen molar-refractivity contribution in [3.8, 4) is 0 Å². The number of ether oxygens (including phenoxy) is 1. The minimum atomic E-state index is -0.208. The fourth-order valence-electron chi connectivity index (χ4n) is 4.16. The number of fused-ring (bicyclic) bond motifs is 2. The van der Waals surface area contributed by atoms with Crippen molar-refractivity contribution in [1.29, 1.82) is 0 Å². The fourth-order valence-corrected chi connectivity index (χ4v) is 4.16. The van der Waals surface area contributed by atoms with Gasteiger partial charge in [-0.2, -0.15) is 0 Å². The molecule has 108 valence electrons. The molecule has 19 heavy (non-hydrogen) atoms. The lowest BCUT2D eigenvalue weighted by Crippen LogP contribution is -2.49. The van der Waals surface area contributed by atoms with Crippen LogP contribution in [0.3, 0.4) is 0 Å². The number of hydrogen-bond donors (Lipinski definition) is 0. The lowest BCUT2D eigenvalue weighted by molar-refractivity contribution is -0.173. The average Bonchev–Trinajstić information content (AvgIpc) is 2.41. The lowest BCUT2D eigenvalue weighted by atomic mass is 9.60. The summed E-state index contributed by atoms with van der Waals surface area (Å²) in [6.07, 6.45) is 8.37. The van der Waals surface area contributed by atoms with Gasteiger partial charge in [-0.05, 0) is 63.2 Å². The van der Waals surface area contributed by atoms with Gasteiger partial charge in [0.15, 0.2) is 0 Å². The third kappa shape index (κ3) is 2.88. The van der Waals surface area contributed by atoms with Gasteiger partial charge in [0.05, 0.1) is 0 Å². The van der Waals surface area contributed by atoms with E-state index in [1.807, 2.05) is 0 Å². The van der Waals surface area contributed by atoms with Crippen LogP contribution in [0.15, 0.2) is 12.2 Å². The molecule has 0 spiro atoms. The Morgan fingerprint density at radius 1 is 1.32 bits per heavy atom. The zero-order valence-electron chi connectivity index (χ0n) is 12.7. The molecule has 0 heterocycles. The van der Waals surface area contributed by atoms with Crippen molar-refractivity contribution in [3.05, 3.63) is 12.2 Å². The summed E-state index contributed by atoms with van der Waals surface area (Å²) >= 11 is 0. The van der Waals surface area contributed by atoms with E-state index >= 15 is 0 Å². The Morgan fingerprint density at radius 2 is 2.05 bits per heavy atom. The zero-order valence-corrected chi connectivity index (χ0v) is 12.7. The minimum Gasteiger partial charge on any atom is -0.455 e. The van der Waals surface area contributed by atoms with Crippen LogP contribution in [-0.4, -0.2) is 11.6 Å². The smallest absolute Gasteiger partial charge is 0.333 e. The molecule has 2 fully saturated rings. The molecule has 0 aromatic rings. The lowest BCUT2D eigenvalue weighted by Gasteiger charge is -2.50. The largest absolute Gasteiger partial charge is 0.455 e. The van der Waals surface area contributed by atoms with Gasteiger partial charge in [-0.3, -0.25) is 0 Å². The first kappa shape index (κ1) is 14.6. The van der Waals surface area contributed by atoms with Crippen LogP contribution < -0.4 is 0 Å². The Bertz CT molecular complexity index is 360. The molecular formula is C17H28O2. The molecule has 2 aliphatic carbocycles. The topological polar surface area (TPSA) is 26.3 Å². The van der Waals surface area contributed by atoms with Crippen LogP contribution in [-0.2, 0) is 9.53 Å². The third-order valence-electron chi connectivity index (χ3n) is 5.44. The van der Waals surface area contributed by atoms with E-state index in [4.69, 9.17) is 4.74 Å². The van der Waals surface area contributed by atoms with E-state index in [1.165, 1.54) is 32.1 Å². The second-order valence-electron chi connectivity index (χ2n) is 6.67. The number of hydrogen-bond acceptors (Lipinski definition) is 2. The minimum absolute atomic E-state index is 0.195. The molecule has 0 radical (unpaired) electrons. The maximum atomic E-state index is 12.0. The summed E-state index contributed by atoms with van der Waals surface area (Å²) in [5, 5.41) is 0. The fraction of sp³-hybridized carbons (Fsp3) is 0.824. The van der Waals surface area contributed by atoms with Gasteiger partial charge < -0.3 is 4.74 Å². The standard InChI is InChI=1S/C17H28O2/c1-5-13-9-14-7-8-17(6-2,15(10-13)11-14)19-16(18)12(3)4/h13-15H,3,5-11H2,1-2,4H3. The molecule has 0 aliphatic heterocycles. The van der Waals surface area contributed by atoms with Crippen LogP contribution >= 0.6 is 0 Å². The van der Waals surface area contributed by atoms with Gasteiger partial charge in [0.25, 0.3) is 0 Å². The predicted molar refractivity (Wildman–Crippen MR) is 77.8 cm³/mol. The van der Waals surface area contributed by atoms with Crippen LogP contribution in [0.4, 0.5) is 0 Å². The molecule has 2 saturated carbocycles. The van der Waals surface area contributed by atoms with Crippen molar-refractivity contribution in [1.82, 2.24) is 0 Å². The van der Waals surface area contributed by atoms with Gasteiger partial charge in [-0.15, -0.1) is 0 Å². The van der Waals surface area contributed by atoms with Crippen LogP contribution in [0.5, 0.6) is 0 Å². The first-order valence-corrected chi connectivity index (χ1v) is 7.89. The van der Waals surface area contributed by atoms with Crippen LogP contribution in [0.1, 0.15) is 65.7 Å². The Morgan fingerprint density at radius 3 is 2.63 bits per heavy atom. The third-order valence-corrected chi connectivity index (χ3v) is 5.44. The molecule has 0 aromatic heterocycles. The Balaban J connectivity index is 2.15. The molecule has 4 unspecified atom stereocenters. The summed E-state index contributed by atoms with van der Waals surface area (Å²) in [5.41, 5.74) is 0.318. The summed E-state index contributed by atoms with van der Waals surface area (Å²) in [6, 6.07) is 0. The number of esters is 1. The number of carbonyl (C=O) groups is 1. The molecule has 2 rings (SSSR count). The monoisotopic (exact) mass is 264 g/mol.